The van der Waals surface area contributed by atoms with Gasteiger partial charge in [-0.2, -0.15) is 0 Å². The summed E-state index contributed by atoms with van der Waals surface area (Å²) in [4.78, 5) is 4.25. The van der Waals surface area contributed by atoms with E-state index in [9.17, 15) is 0 Å². The van der Waals surface area contributed by atoms with Gasteiger partial charge < -0.3 is 5.32 Å². The molecule has 80 valence electrons. The first-order chi connectivity index (χ1) is 6.83. The monoisotopic (exact) mass is 230 g/mol. The first-order valence-electron chi connectivity index (χ1n) is 5.09. The van der Waals surface area contributed by atoms with Crippen LogP contribution in [0.5, 0.6) is 0 Å². The van der Waals surface area contributed by atoms with Gasteiger partial charge in [0.05, 0.1) is 0 Å². The van der Waals surface area contributed by atoms with Crippen LogP contribution in [-0.4, -0.2) is 23.3 Å². The lowest BCUT2D eigenvalue weighted by Crippen LogP contribution is -2.23. The van der Waals surface area contributed by atoms with Crippen molar-refractivity contribution in [2.24, 2.45) is 0 Å². The summed E-state index contributed by atoms with van der Waals surface area (Å²) in [5, 5.41) is 6.09. The summed E-state index contributed by atoms with van der Waals surface area (Å²) in [6.45, 7) is 6.67. The lowest BCUT2D eigenvalue weighted by Gasteiger charge is -2.09. The lowest BCUT2D eigenvalue weighted by molar-refractivity contribution is 0.638. The molecule has 0 bridgehead atoms. The molecule has 1 aromatic rings. The molecule has 0 fully saturated rings. The summed E-state index contributed by atoms with van der Waals surface area (Å²) in [6, 6.07) is 0. The van der Waals surface area contributed by atoms with Crippen LogP contribution in [0.1, 0.15) is 26.7 Å². The van der Waals surface area contributed by atoms with Gasteiger partial charge in [-0.15, -0.1) is 11.3 Å². The molecule has 0 amide bonds. The van der Waals surface area contributed by atoms with Gasteiger partial charge in [-0.1, -0.05) is 32.0 Å². The topological polar surface area (TPSA) is 24.9 Å². The molecule has 1 atom stereocenters. The van der Waals surface area contributed by atoms with Gasteiger partial charge in [-0.3, -0.25) is 0 Å². The third-order valence-corrected chi connectivity index (χ3v) is 3.87. The van der Waals surface area contributed by atoms with E-state index < -0.39 is 0 Å². The summed E-state index contributed by atoms with van der Waals surface area (Å²) >= 11 is 3.57. The van der Waals surface area contributed by atoms with Crippen LogP contribution in [0.2, 0.25) is 0 Å². The lowest BCUT2D eigenvalue weighted by atomic mass is 10.3. The third kappa shape index (κ3) is 4.98. The highest BCUT2D eigenvalue weighted by Crippen LogP contribution is 2.24. The van der Waals surface area contributed by atoms with Crippen LogP contribution in [0, 0.1) is 0 Å². The van der Waals surface area contributed by atoms with Crippen molar-refractivity contribution in [3.8, 4) is 0 Å². The van der Waals surface area contributed by atoms with E-state index in [-0.39, 0.29) is 0 Å². The predicted molar refractivity (Wildman–Crippen MR) is 65.2 cm³/mol. The number of nitrogens with one attached hydrogen (secondary N) is 1. The third-order valence-electron chi connectivity index (χ3n) is 1.85. The molecule has 2 nitrogen and oxygen atoms in total. The van der Waals surface area contributed by atoms with Crippen LogP contribution >= 0.6 is 23.1 Å². The van der Waals surface area contributed by atoms with Gasteiger partial charge in [0.1, 0.15) is 4.34 Å². The van der Waals surface area contributed by atoms with Gasteiger partial charge in [0, 0.05) is 23.4 Å². The van der Waals surface area contributed by atoms with Crippen molar-refractivity contribution in [3.05, 3.63) is 11.6 Å². The highest BCUT2D eigenvalue weighted by atomic mass is 32.2. The molecule has 1 unspecified atom stereocenters. The van der Waals surface area contributed by atoms with Crippen molar-refractivity contribution in [1.82, 2.24) is 10.3 Å². The highest BCUT2D eigenvalue weighted by molar-refractivity contribution is 8.01. The van der Waals surface area contributed by atoms with E-state index in [0.29, 0.717) is 5.25 Å². The minimum absolute atomic E-state index is 0.609. The molecule has 1 rings (SSSR count). The van der Waals surface area contributed by atoms with Crippen LogP contribution in [0.3, 0.4) is 0 Å². The van der Waals surface area contributed by atoms with Gasteiger partial charge in [-0.25, -0.2) is 4.98 Å². The number of thioether (sulfide) groups is 1. The maximum absolute atomic E-state index is 4.25. The number of hydrogen-bond donors (Lipinski definition) is 1. The quantitative estimate of drug-likeness (QED) is 0.576. The summed E-state index contributed by atoms with van der Waals surface area (Å²) < 4.78 is 1.18. The summed E-state index contributed by atoms with van der Waals surface area (Å²) in [5.74, 6) is 0. The second-order valence-electron chi connectivity index (χ2n) is 3.28. The molecule has 4 heteroatoms. The Morgan fingerprint density at radius 2 is 2.50 bits per heavy atom. The summed E-state index contributed by atoms with van der Waals surface area (Å²) in [6.07, 6.45) is 4.40. The van der Waals surface area contributed by atoms with Crippen molar-refractivity contribution in [1.29, 1.82) is 0 Å². The van der Waals surface area contributed by atoms with Gasteiger partial charge in [-0.05, 0) is 13.0 Å². The van der Waals surface area contributed by atoms with Crippen LogP contribution in [0.15, 0.2) is 15.9 Å². The molecule has 0 aromatic carbocycles. The molecule has 1 N–H and O–H groups in total. The zero-order valence-corrected chi connectivity index (χ0v) is 10.5. The average molecular weight is 230 g/mol. The Balaban J connectivity index is 2.07. The molecule has 0 spiro atoms. The van der Waals surface area contributed by atoms with E-state index in [4.69, 9.17) is 0 Å². The van der Waals surface area contributed by atoms with E-state index in [1.54, 1.807) is 11.3 Å². The molecule has 0 aliphatic carbocycles. The number of unbranched alkanes of at least 4 members (excludes halogenated alkanes) is 1. The molecule has 0 aliphatic heterocycles. The Hall–Kier alpha value is -0.0600. The number of nitrogens with zero attached hydrogens (tertiary/aromatic N) is 1. The van der Waals surface area contributed by atoms with Crippen LogP contribution in [0.4, 0.5) is 0 Å². The van der Waals surface area contributed by atoms with Crippen molar-refractivity contribution in [2.45, 2.75) is 36.3 Å². The highest BCUT2D eigenvalue weighted by Gasteiger charge is 2.04. The maximum atomic E-state index is 4.25. The first kappa shape index (κ1) is 12.0. The first-order valence-corrected chi connectivity index (χ1v) is 6.85. The maximum Gasteiger partial charge on any atom is 0.150 e. The molecular formula is C10H18N2S2. The van der Waals surface area contributed by atoms with E-state index >= 15 is 0 Å². The molecular weight excluding hydrogens is 212 g/mol. The van der Waals surface area contributed by atoms with Crippen LogP contribution in [-0.2, 0) is 0 Å². The Kier molecular flexibility index (Phi) is 6.23. The number of thiazole rings is 1. The Labute approximate surface area is 94.5 Å². The molecule has 1 heterocycles. The SMILES string of the molecule is CCCCNCC(C)Sc1nccs1. The minimum atomic E-state index is 0.609. The van der Waals surface area contributed by atoms with E-state index in [0.717, 1.165) is 13.1 Å². The second kappa shape index (κ2) is 7.26. The molecule has 0 radical (unpaired) electrons. The van der Waals surface area contributed by atoms with Gasteiger partial charge >= 0.3 is 0 Å². The van der Waals surface area contributed by atoms with Gasteiger partial charge in [0.2, 0.25) is 0 Å². The fourth-order valence-corrected chi connectivity index (χ4v) is 3.00. The van der Waals surface area contributed by atoms with Gasteiger partial charge in [0.25, 0.3) is 0 Å². The summed E-state index contributed by atoms with van der Waals surface area (Å²) in [5.41, 5.74) is 0. The van der Waals surface area contributed by atoms with Crippen molar-refractivity contribution in [2.75, 3.05) is 13.1 Å². The Bertz CT molecular complexity index is 224. The smallest absolute Gasteiger partial charge is 0.150 e. The molecule has 0 saturated carbocycles. The number of rotatable bonds is 7. The van der Waals surface area contributed by atoms with Crippen molar-refractivity contribution < 1.29 is 0 Å². The normalized spacial score (nSPS) is 13.0. The average Bonchev–Trinajstić information content (AvgIpc) is 2.65. The zero-order chi connectivity index (χ0) is 10.2. The van der Waals surface area contributed by atoms with E-state index in [2.05, 4.69) is 24.1 Å². The fraction of sp³-hybridized carbons (Fsp3) is 0.700. The van der Waals surface area contributed by atoms with Crippen LogP contribution in [0.25, 0.3) is 0 Å². The largest absolute Gasteiger partial charge is 0.316 e. The molecule has 14 heavy (non-hydrogen) atoms. The minimum Gasteiger partial charge on any atom is -0.316 e. The fourth-order valence-electron chi connectivity index (χ4n) is 1.09. The van der Waals surface area contributed by atoms with Crippen LogP contribution < -0.4 is 5.32 Å². The van der Waals surface area contributed by atoms with Crippen molar-refractivity contribution >= 4 is 23.1 Å². The molecule has 1 aromatic heterocycles. The van der Waals surface area contributed by atoms with Gasteiger partial charge in [0.15, 0.2) is 0 Å². The standard InChI is InChI=1S/C10H18N2S2/c1-3-4-5-11-8-9(2)14-10-12-6-7-13-10/h6-7,9,11H,3-5,8H2,1-2H3. The van der Waals surface area contributed by atoms with E-state index in [1.807, 2.05) is 23.3 Å². The van der Waals surface area contributed by atoms with Crippen molar-refractivity contribution in [3.63, 3.8) is 0 Å². The molecule has 0 aliphatic rings. The number of hydrogen-bond acceptors (Lipinski definition) is 4. The number of aromatic nitrogens is 1. The molecule has 0 saturated heterocycles. The Morgan fingerprint density at radius 1 is 1.64 bits per heavy atom. The second-order valence-corrected chi connectivity index (χ2v) is 5.86. The zero-order valence-electron chi connectivity index (χ0n) is 8.82. The Morgan fingerprint density at radius 3 is 3.14 bits per heavy atom. The predicted octanol–water partition coefficient (Wildman–Crippen LogP) is 3.01. The summed E-state index contributed by atoms with van der Waals surface area (Å²) in [7, 11) is 0. The van der Waals surface area contributed by atoms with E-state index in [1.165, 1.54) is 17.2 Å².